The van der Waals surface area contributed by atoms with Gasteiger partial charge in [0.25, 0.3) is 0 Å². The number of thioether (sulfide) groups is 1. The number of aromatic nitrogens is 3. The van der Waals surface area contributed by atoms with Crippen LogP contribution in [0.3, 0.4) is 0 Å². The number of aldehydes is 1. The van der Waals surface area contributed by atoms with Crippen LogP contribution in [0.1, 0.15) is 22.6 Å². The lowest BCUT2D eigenvalue weighted by molar-refractivity contribution is 0.112. The second-order valence-electron chi connectivity index (χ2n) is 4.36. The number of fused-ring (bicyclic) bond motifs is 1. The molecule has 1 aliphatic rings. The summed E-state index contributed by atoms with van der Waals surface area (Å²) in [5.74, 6) is 4.21. The lowest BCUT2D eigenvalue weighted by atomic mass is 10.1. The van der Waals surface area contributed by atoms with Crippen molar-refractivity contribution in [2.24, 2.45) is 5.92 Å². The van der Waals surface area contributed by atoms with Crippen LogP contribution in [0.25, 0.3) is 5.65 Å². The smallest absolute Gasteiger partial charge is 0.161 e. The Morgan fingerprint density at radius 1 is 1.53 bits per heavy atom. The molecule has 0 amide bonds. The van der Waals surface area contributed by atoms with Crippen molar-refractivity contribution in [3.63, 3.8) is 0 Å². The Morgan fingerprint density at radius 2 is 2.47 bits per heavy atom. The maximum Gasteiger partial charge on any atom is 0.161 e. The predicted octanol–water partition coefficient (Wildman–Crippen LogP) is 1.84. The first-order valence-corrected chi connectivity index (χ1v) is 6.89. The van der Waals surface area contributed by atoms with Gasteiger partial charge >= 0.3 is 0 Å². The molecule has 5 heteroatoms. The quantitative estimate of drug-likeness (QED) is 0.776. The van der Waals surface area contributed by atoms with Gasteiger partial charge in [-0.2, -0.15) is 11.8 Å². The molecule has 2 aromatic heterocycles. The molecule has 88 valence electrons. The lowest BCUT2D eigenvalue weighted by Crippen LogP contribution is -2.06. The van der Waals surface area contributed by atoms with Gasteiger partial charge in [-0.25, -0.2) is 0 Å². The molecule has 17 heavy (non-hydrogen) atoms. The summed E-state index contributed by atoms with van der Waals surface area (Å²) < 4.78 is 1.98. The Morgan fingerprint density at radius 3 is 3.24 bits per heavy atom. The van der Waals surface area contributed by atoms with Gasteiger partial charge in [0.15, 0.2) is 5.65 Å². The van der Waals surface area contributed by atoms with E-state index < -0.39 is 0 Å². The minimum Gasteiger partial charge on any atom is -0.298 e. The van der Waals surface area contributed by atoms with E-state index in [1.165, 1.54) is 17.9 Å². The molecule has 1 unspecified atom stereocenters. The van der Waals surface area contributed by atoms with Crippen molar-refractivity contribution < 1.29 is 4.79 Å². The number of hydrogen-bond donors (Lipinski definition) is 0. The molecular formula is C12H13N3OS. The molecule has 0 aromatic carbocycles. The SMILES string of the molecule is O=Cc1ccn2c(CC3CCSC3)nnc2c1. The summed E-state index contributed by atoms with van der Waals surface area (Å²) in [6.07, 6.45) is 4.97. The minimum atomic E-state index is 0.646. The van der Waals surface area contributed by atoms with Crippen LogP contribution in [0.2, 0.25) is 0 Å². The summed E-state index contributed by atoms with van der Waals surface area (Å²) in [5.41, 5.74) is 1.41. The van der Waals surface area contributed by atoms with Gasteiger partial charge in [0.2, 0.25) is 0 Å². The van der Waals surface area contributed by atoms with Crippen molar-refractivity contribution in [1.29, 1.82) is 0 Å². The third-order valence-corrected chi connectivity index (χ3v) is 4.37. The average molecular weight is 247 g/mol. The number of carbonyl (C=O) groups is 1. The van der Waals surface area contributed by atoms with Crippen molar-refractivity contribution >= 4 is 23.7 Å². The van der Waals surface area contributed by atoms with Crippen LogP contribution in [0.4, 0.5) is 0 Å². The highest BCUT2D eigenvalue weighted by Crippen LogP contribution is 2.26. The molecule has 3 rings (SSSR count). The van der Waals surface area contributed by atoms with Crippen molar-refractivity contribution in [3.05, 3.63) is 29.7 Å². The van der Waals surface area contributed by atoms with Crippen molar-refractivity contribution in [2.75, 3.05) is 11.5 Å². The molecule has 1 saturated heterocycles. The molecular weight excluding hydrogens is 234 g/mol. The van der Waals surface area contributed by atoms with E-state index in [1.807, 2.05) is 22.4 Å². The normalized spacial score (nSPS) is 19.9. The van der Waals surface area contributed by atoms with Crippen LogP contribution in [0.15, 0.2) is 18.3 Å². The van der Waals surface area contributed by atoms with Crippen LogP contribution >= 0.6 is 11.8 Å². The van der Waals surface area contributed by atoms with Crippen LogP contribution in [-0.4, -0.2) is 32.4 Å². The molecule has 0 radical (unpaired) electrons. The monoisotopic (exact) mass is 247 g/mol. The summed E-state index contributed by atoms with van der Waals surface area (Å²) in [6, 6.07) is 3.57. The van der Waals surface area contributed by atoms with Gasteiger partial charge < -0.3 is 0 Å². The first-order chi connectivity index (χ1) is 8.36. The maximum atomic E-state index is 10.7. The number of pyridine rings is 1. The molecule has 1 atom stereocenters. The van der Waals surface area contributed by atoms with Gasteiger partial charge in [0, 0.05) is 18.2 Å². The Bertz CT molecular complexity index is 546. The molecule has 2 aromatic rings. The van der Waals surface area contributed by atoms with E-state index >= 15 is 0 Å². The van der Waals surface area contributed by atoms with Crippen molar-refractivity contribution in [2.45, 2.75) is 12.8 Å². The molecule has 4 nitrogen and oxygen atoms in total. The van der Waals surface area contributed by atoms with Crippen LogP contribution in [-0.2, 0) is 6.42 Å². The fourth-order valence-electron chi connectivity index (χ4n) is 2.17. The third-order valence-electron chi connectivity index (χ3n) is 3.14. The fourth-order valence-corrected chi connectivity index (χ4v) is 3.46. The molecule has 3 heterocycles. The Hall–Kier alpha value is -1.36. The third kappa shape index (κ3) is 2.07. The van der Waals surface area contributed by atoms with E-state index in [1.54, 1.807) is 12.1 Å². The van der Waals surface area contributed by atoms with E-state index in [0.717, 1.165) is 30.1 Å². The molecule has 0 spiro atoms. The number of carbonyl (C=O) groups excluding carboxylic acids is 1. The Kier molecular flexibility index (Phi) is 2.84. The summed E-state index contributed by atoms with van der Waals surface area (Å²) in [4.78, 5) is 10.7. The zero-order valence-electron chi connectivity index (χ0n) is 9.37. The topological polar surface area (TPSA) is 47.3 Å². The van der Waals surface area contributed by atoms with Crippen LogP contribution in [0, 0.1) is 5.92 Å². The fraction of sp³-hybridized carbons (Fsp3) is 0.417. The zero-order valence-corrected chi connectivity index (χ0v) is 10.2. The molecule has 0 bridgehead atoms. The second kappa shape index (κ2) is 4.49. The molecule has 0 saturated carbocycles. The molecule has 0 aliphatic carbocycles. The van der Waals surface area contributed by atoms with Crippen LogP contribution < -0.4 is 0 Å². The van der Waals surface area contributed by atoms with Gasteiger partial charge in [-0.3, -0.25) is 9.20 Å². The van der Waals surface area contributed by atoms with Gasteiger partial charge in [-0.05, 0) is 36.0 Å². The Balaban J connectivity index is 1.91. The van der Waals surface area contributed by atoms with Gasteiger partial charge in [0.1, 0.15) is 12.1 Å². The summed E-state index contributed by atoms with van der Waals surface area (Å²) >= 11 is 2.01. The lowest BCUT2D eigenvalue weighted by Gasteiger charge is -2.05. The van der Waals surface area contributed by atoms with Crippen LogP contribution in [0.5, 0.6) is 0 Å². The standard InChI is InChI=1S/C12H13N3OS/c16-7-9-1-3-15-11(5-9)13-14-12(15)6-10-2-4-17-8-10/h1,3,5,7,10H,2,4,6,8H2. The van der Waals surface area contributed by atoms with E-state index in [9.17, 15) is 4.79 Å². The summed E-state index contributed by atoms with van der Waals surface area (Å²) in [7, 11) is 0. The Labute approximate surface area is 103 Å². The van der Waals surface area contributed by atoms with Gasteiger partial charge in [0.05, 0.1) is 0 Å². The van der Waals surface area contributed by atoms with Gasteiger partial charge in [-0.1, -0.05) is 0 Å². The van der Waals surface area contributed by atoms with Gasteiger partial charge in [-0.15, -0.1) is 10.2 Å². The highest BCUT2D eigenvalue weighted by Gasteiger charge is 2.18. The summed E-state index contributed by atoms with van der Waals surface area (Å²) in [6.45, 7) is 0. The number of nitrogens with zero attached hydrogens (tertiary/aromatic N) is 3. The highest BCUT2D eigenvalue weighted by atomic mass is 32.2. The number of rotatable bonds is 3. The van der Waals surface area contributed by atoms with Crippen molar-refractivity contribution in [1.82, 2.24) is 14.6 Å². The zero-order chi connectivity index (χ0) is 11.7. The summed E-state index contributed by atoms with van der Waals surface area (Å²) in [5, 5.41) is 8.34. The van der Waals surface area contributed by atoms with Crippen molar-refractivity contribution in [3.8, 4) is 0 Å². The molecule has 0 N–H and O–H groups in total. The second-order valence-corrected chi connectivity index (χ2v) is 5.51. The average Bonchev–Trinajstić information content (AvgIpc) is 2.99. The highest BCUT2D eigenvalue weighted by molar-refractivity contribution is 7.99. The number of hydrogen-bond acceptors (Lipinski definition) is 4. The maximum absolute atomic E-state index is 10.7. The minimum absolute atomic E-state index is 0.646. The first-order valence-electron chi connectivity index (χ1n) is 5.73. The molecule has 1 aliphatic heterocycles. The largest absolute Gasteiger partial charge is 0.298 e. The van der Waals surface area contributed by atoms with E-state index in [2.05, 4.69) is 10.2 Å². The predicted molar refractivity (Wildman–Crippen MR) is 67.5 cm³/mol. The van der Waals surface area contributed by atoms with E-state index in [4.69, 9.17) is 0 Å². The molecule has 1 fully saturated rings. The first kappa shape index (κ1) is 10.8. The van der Waals surface area contributed by atoms with E-state index in [0.29, 0.717) is 5.56 Å². The van der Waals surface area contributed by atoms with E-state index in [-0.39, 0.29) is 0 Å².